The lowest BCUT2D eigenvalue weighted by molar-refractivity contribution is 0.408. The lowest BCUT2D eigenvalue weighted by Crippen LogP contribution is -2.08. The minimum atomic E-state index is 0.828. The highest BCUT2D eigenvalue weighted by Gasteiger charge is 2.07. The molecule has 0 unspecified atom stereocenters. The van der Waals surface area contributed by atoms with E-state index >= 15 is 0 Å². The summed E-state index contributed by atoms with van der Waals surface area (Å²) in [6.07, 6.45) is 0. The van der Waals surface area contributed by atoms with Crippen molar-refractivity contribution >= 4 is 15.9 Å². The molecule has 2 nitrogen and oxygen atoms in total. The van der Waals surface area contributed by atoms with Gasteiger partial charge < -0.3 is 10.1 Å². The number of halogens is 1. The van der Waals surface area contributed by atoms with E-state index in [1.54, 1.807) is 7.11 Å². The second-order valence-corrected chi connectivity index (χ2v) is 3.74. The summed E-state index contributed by atoms with van der Waals surface area (Å²) in [7, 11) is 3.63. The van der Waals surface area contributed by atoms with Crippen LogP contribution in [0.4, 0.5) is 0 Å². The quantitative estimate of drug-likeness (QED) is 0.881. The van der Waals surface area contributed by atoms with Gasteiger partial charge in [0.2, 0.25) is 0 Å². The molecule has 0 aliphatic heterocycles. The van der Waals surface area contributed by atoms with Crippen molar-refractivity contribution in [1.29, 1.82) is 0 Å². The van der Waals surface area contributed by atoms with Gasteiger partial charge in [-0.05, 0) is 31.7 Å². The highest BCUT2D eigenvalue weighted by molar-refractivity contribution is 9.10. The van der Waals surface area contributed by atoms with Crippen LogP contribution in [0.3, 0.4) is 0 Å². The van der Waals surface area contributed by atoms with E-state index in [2.05, 4.69) is 28.2 Å². The first kappa shape index (κ1) is 10.5. The number of ether oxygens (including phenoxy) is 1. The van der Waals surface area contributed by atoms with E-state index in [4.69, 9.17) is 4.74 Å². The average Bonchev–Trinajstić information content (AvgIpc) is 2.14. The average molecular weight is 244 g/mol. The fourth-order valence-corrected chi connectivity index (χ4v) is 1.66. The van der Waals surface area contributed by atoms with Gasteiger partial charge in [0, 0.05) is 16.6 Å². The van der Waals surface area contributed by atoms with Crippen LogP contribution in [-0.2, 0) is 6.54 Å². The molecule has 1 aromatic rings. The summed E-state index contributed by atoms with van der Waals surface area (Å²) in [6.45, 7) is 2.91. The molecule has 1 aromatic carbocycles. The van der Waals surface area contributed by atoms with E-state index in [1.807, 2.05) is 19.2 Å². The highest BCUT2D eigenvalue weighted by atomic mass is 79.9. The van der Waals surface area contributed by atoms with Crippen molar-refractivity contribution in [2.24, 2.45) is 0 Å². The lowest BCUT2D eigenvalue weighted by Gasteiger charge is -2.12. The summed E-state index contributed by atoms with van der Waals surface area (Å²) in [6, 6.07) is 3.98. The minimum absolute atomic E-state index is 0.828. The van der Waals surface area contributed by atoms with Crippen LogP contribution in [-0.4, -0.2) is 14.2 Å². The zero-order chi connectivity index (χ0) is 9.84. The topological polar surface area (TPSA) is 21.3 Å². The summed E-state index contributed by atoms with van der Waals surface area (Å²) in [5.41, 5.74) is 2.44. The molecule has 0 aliphatic rings. The number of methoxy groups -OCH3 is 1. The number of benzene rings is 1. The third-order valence-corrected chi connectivity index (χ3v) is 2.92. The zero-order valence-corrected chi connectivity index (χ0v) is 9.73. The molecule has 0 fully saturated rings. The molecule has 0 saturated heterocycles. The molecule has 13 heavy (non-hydrogen) atoms. The van der Waals surface area contributed by atoms with Gasteiger partial charge in [-0.15, -0.1) is 0 Å². The van der Waals surface area contributed by atoms with Crippen LogP contribution in [0.15, 0.2) is 16.6 Å². The maximum absolute atomic E-state index is 5.27. The minimum Gasteiger partial charge on any atom is -0.496 e. The van der Waals surface area contributed by atoms with Crippen LogP contribution in [0.5, 0.6) is 5.75 Å². The second kappa shape index (κ2) is 4.63. The molecule has 0 bridgehead atoms. The summed E-state index contributed by atoms with van der Waals surface area (Å²) >= 11 is 3.50. The molecule has 0 heterocycles. The van der Waals surface area contributed by atoms with Crippen LogP contribution >= 0.6 is 15.9 Å². The van der Waals surface area contributed by atoms with Crippen LogP contribution in [0.25, 0.3) is 0 Å². The lowest BCUT2D eigenvalue weighted by atomic mass is 10.1. The molecule has 72 valence electrons. The van der Waals surface area contributed by atoms with Crippen LogP contribution < -0.4 is 10.1 Å². The van der Waals surface area contributed by atoms with Crippen molar-refractivity contribution in [3.8, 4) is 5.75 Å². The first-order valence-electron chi connectivity index (χ1n) is 4.17. The van der Waals surface area contributed by atoms with E-state index in [0.29, 0.717) is 0 Å². The molecule has 1 N–H and O–H groups in total. The Hall–Kier alpha value is -0.540. The van der Waals surface area contributed by atoms with Gasteiger partial charge in [0.25, 0.3) is 0 Å². The molecular formula is C10H14BrNO. The Kier molecular flexibility index (Phi) is 3.75. The maximum atomic E-state index is 5.27. The molecule has 0 atom stereocenters. The molecular weight excluding hydrogens is 230 g/mol. The van der Waals surface area contributed by atoms with Gasteiger partial charge in [0.15, 0.2) is 0 Å². The largest absolute Gasteiger partial charge is 0.496 e. The van der Waals surface area contributed by atoms with Crippen molar-refractivity contribution in [2.45, 2.75) is 13.5 Å². The smallest absolute Gasteiger partial charge is 0.123 e. The summed E-state index contributed by atoms with van der Waals surface area (Å²) in [5, 5.41) is 3.13. The Morgan fingerprint density at radius 1 is 1.46 bits per heavy atom. The predicted octanol–water partition coefficient (Wildman–Crippen LogP) is 2.49. The summed E-state index contributed by atoms with van der Waals surface area (Å²) < 4.78 is 6.40. The highest BCUT2D eigenvalue weighted by Crippen LogP contribution is 2.27. The first-order valence-corrected chi connectivity index (χ1v) is 4.96. The number of hydrogen-bond donors (Lipinski definition) is 1. The number of hydrogen-bond acceptors (Lipinski definition) is 2. The van der Waals surface area contributed by atoms with Crippen LogP contribution in [0, 0.1) is 6.92 Å². The molecule has 0 saturated carbocycles. The fourth-order valence-electron chi connectivity index (χ4n) is 1.29. The van der Waals surface area contributed by atoms with E-state index in [9.17, 15) is 0 Å². The molecule has 0 aliphatic carbocycles. The van der Waals surface area contributed by atoms with Gasteiger partial charge in [-0.25, -0.2) is 0 Å². The maximum Gasteiger partial charge on any atom is 0.123 e. The van der Waals surface area contributed by atoms with Crippen molar-refractivity contribution in [3.63, 3.8) is 0 Å². The third kappa shape index (κ3) is 2.23. The van der Waals surface area contributed by atoms with Gasteiger partial charge in [0.1, 0.15) is 5.75 Å². The van der Waals surface area contributed by atoms with Crippen LogP contribution in [0.1, 0.15) is 11.1 Å². The summed E-state index contributed by atoms with van der Waals surface area (Å²) in [4.78, 5) is 0. The molecule has 3 heteroatoms. The Labute approximate surface area is 87.4 Å². The Morgan fingerprint density at radius 2 is 2.15 bits per heavy atom. The van der Waals surface area contributed by atoms with Gasteiger partial charge in [-0.1, -0.05) is 15.9 Å². The van der Waals surface area contributed by atoms with Crippen molar-refractivity contribution in [3.05, 3.63) is 27.7 Å². The van der Waals surface area contributed by atoms with E-state index in [-0.39, 0.29) is 0 Å². The first-order chi connectivity index (χ1) is 6.20. The Balaban J connectivity index is 3.15. The molecule has 0 spiro atoms. The molecule has 1 rings (SSSR count). The van der Waals surface area contributed by atoms with E-state index < -0.39 is 0 Å². The Morgan fingerprint density at radius 3 is 2.69 bits per heavy atom. The fraction of sp³-hybridized carbons (Fsp3) is 0.400. The molecule has 0 amide bonds. The normalized spacial score (nSPS) is 10.2. The van der Waals surface area contributed by atoms with E-state index in [0.717, 1.165) is 16.8 Å². The SMILES string of the molecule is CNCc1c(OC)ccc(Br)c1C. The second-order valence-electron chi connectivity index (χ2n) is 2.88. The van der Waals surface area contributed by atoms with Crippen LogP contribution in [0.2, 0.25) is 0 Å². The number of rotatable bonds is 3. The van der Waals surface area contributed by atoms with Gasteiger partial charge in [0.05, 0.1) is 7.11 Å². The monoisotopic (exact) mass is 243 g/mol. The number of nitrogens with one attached hydrogen (secondary N) is 1. The van der Waals surface area contributed by atoms with Gasteiger partial charge in [-0.2, -0.15) is 0 Å². The molecule has 0 radical (unpaired) electrons. The van der Waals surface area contributed by atoms with Crippen molar-refractivity contribution < 1.29 is 4.74 Å². The Bertz CT molecular complexity index is 299. The van der Waals surface area contributed by atoms with Gasteiger partial charge >= 0.3 is 0 Å². The third-order valence-electron chi connectivity index (χ3n) is 2.06. The van der Waals surface area contributed by atoms with Gasteiger partial charge in [-0.3, -0.25) is 0 Å². The standard InChI is InChI=1S/C10H14BrNO/c1-7-8(6-12-2)10(13-3)5-4-9(7)11/h4-5,12H,6H2,1-3H3. The zero-order valence-electron chi connectivity index (χ0n) is 8.15. The predicted molar refractivity (Wildman–Crippen MR) is 58.2 cm³/mol. The van der Waals surface area contributed by atoms with Crippen molar-refractivity contribution in [1.82, 2.24) is 5.32 Å². The summed E-state index contributed by atoms with van der Waals surface area (Å²) in [5.74, 6) is 0.940. The molecule has 0 aromatic heterocycles. The van der Waals surface area contributed by atoms with E-state index in [1.165, 1.54) is 11.1 Å². The van der Waals surface area contributed by atoms with Crippen molar-refractivity contribution in [2.75, 3.05) is 14.2 Å².